The summed E-state index contributed by atoms with van der Waals surface area (Å²) in [4.78, 5) is 0. The lowest BCUT2D eigenvalue weighted by Gasteiger charge is -1.79. The molecule has 1 aromatic heterocycles. The van der Waals surface area contributed by atoms with E-state index >= 15 is 0 Å². The summed E-state index contributed by atoms with van der Waals surface area (Å²) in [7, 11) is 0. The van der Waals surface area contributed by atoms with Gasteiger partial charge < -0.3 is 0 Å². The summed E-state index contributed by atoms with van der Waals surface area (Å²) in [6.45, 7) is 10.1. The number of rotatable bonds is 1. The fourth-order valence-corrected chi connectivity index (χ4v) is 0.482. The zero-order valence-corrected chi connectivity index (χ0v) is 8.31. The quantitative estimate of drug-likeness (QED) is 0.665. The largest absolute Gasteiger partial charge is 0.283 e. The van der Waals surface area contributed by atoms with E-state index in [1.165, 1.54) is 5.69 Å². The van der Waals surface area contributed by atoms with E-state index in [0.29, 0.717) is 0 Å². The van der Waals surface area contributed by atoms with Gasteiger partial charge in [0.05, 0.1) is 0 Å². The second-order valence-corrected chi connectivity index (χ2v) is 1.44. The first-order chi connectivity index (χ1) is 5.43. The SMILES string of the molecule is CC.CC.CCc1ccn[nH]1. The second-order valence-electron chi connectivity index (χ2n) is 1.44. The highest BCUT2D eigenvalue weighted by atomic mass is 15.1. The van der Waals surface area contributed by atoms with Gasteiger partial charge >= 0.3 is 0 Å². The summed E-state index contributed by atoms with van der Waals surface area (Å²) in [6, 6.07) is 1.97. The maximum atomic E-state index is 3.77. The van der Waals surface area contributed by atoms with Gasteiger partial charge in [0.1, 0.15) is 0 Å². The van der Waals surface area contributed by atoms with E-state index in [2.05, 4.69) is 17.1 Å². The van der Waals surface area contributed by atoms with Crippen LogP contribution in [0.25, 0.3) is 0 Å². The molecule has 0 bridgehead atoms. The van der Waals surface area contributed by atoms with Crippen molar-refractivity contribution in [3.63, 3.8) is 0 Å². The molecule has 0 atom stereocenters. The molecular formula is C9H20N2. The number of nitrogens with one attached hydrogen (secondary N) is 1. The highest BCUT2D eigenvalue weighted by molar-refractivity contribution is 4.95. The Labute approximate surface area is 70.0 Å². The van der Waals surface area contributed by atoms with Gasteiger partial charge in [-0.1, -0.05) is 34.6 Å². The topological polar surface area (TPSA) is 28.7 Å². The average molecular weight is 156 g/mol. The van der Waals surface area contributed by atoms with Crippen LogP contribution in [0.2, 0.25) is 0 Å². The van der Waals surface area contributed by atoms with Crippen LogP contribution in [-0.4, -0.2) is 10.2 Å². The third-order valence-electron chi connectivity index (χ3n) is 0.939. The number of nitrogens with zero attached hydrogens (tertiary/aromatic N) is 1. The molecule has 0 unspecified atom stereocenters. The van der Waals surface area contributed by atoms with Crippen LogP contribution in [0, 0.1) is 0 Å². The minimum Gasteiger partial charge on any atom is -0.283 e. The monoisotopic (exact) mass is 156 g/mol. The Kier molecular flexibility index (Phi) is 13.9. The minimum absolute atomic E-state index is 1.04. The number of aryl methyl sites for hydroxylation is 1. The van der Waals surface area contributed by atoms with E-state index in [0.717, 1.165) is 6.42 Å². The second kappa shape index (κ2) is 11.9. The van der Waals surface area contributed by atoms with Crippen LogP contribution in [0.3, 0.4) is 0 Å². The van der Waals surface area contributed by atoms with Crippen molar-refractivity contribution in [3.05, 3.63) is 18.0 Å². The highest BCUT2D eigenvalue weighted by Crippen LogP contribution is 1.88. The van der Waals surface area contributed by atoms with Crippen molar-refractivity contribution in [1.29, 1.82) is 0 Å². The molecule has 0 radical (unpaired) electrons. The van der Waals surface area contributed by atoms with Gasteiger partial charge in [-0.2, -0.15) is 5.10 Å². The van der Waals surface area contributed by atoms with Gasteiger partial charge in [-0.3, -0.25) is 5.10 Å². The van der Waals surface area contributed by atoms with Crippen LogP contribution in [0.15, 0.2) is 12.3 Å². The molecule has 1 aromatic rings. The average Bonchev–Trinajstić information content (AvgIpc) is 2.63. The Morgan fingerprint density at radius 2 is 1.82 bits per heavy atom. The molecule has 11 heavy (non-hydrogen) atoms. The molecule has 1 heterocycles. The molecule has 2 nitrogen and oxygen atoms in total. The van der Waals surface area contributed by atoms with Crippen molar-refractivity contribution in [3.8, 4) is 0 Å². The first-order valence-corrected chi connectivity index (χ1v) is 4.41. The lowest BCUT2D eigenvalue weighted by Crippen LogP contribution is -1.75. The third kappa shape index (κ3) is 7.10. The van der Waals surface area contributed by atoms with Crippen LogP contribution >= 0.6 is 0 Å². The maximum Gasteiger partial charge on any atom is 0.0490 e. The predicted octanol–water partition coefficient (Wildman–Crippen LogP) is 3.02. The van der Waals surface area contributed by atoms with Crippen LogP contribution in [0.4, 0.5) is 0 Å². The van der Waals surface area contributed by atoms with Crippen LogP contribution in [-0.2, 0) is 6.42 Å². The first kappa shape index (κ1) is 12.8. The number of H-pyrrole nitrogens is 1. The summed E-state index contributed by atoms with van der Waals surface area (Å²) in [6.07, 6.45) is 2.80. The molecule has 0 aliphatic rings. The molecule has 0 saturated heterocycles. The zero-order chi connectivity index (χ0) is 9.11. The molecule has 0 fully saturated rings. The van der Waals surface area contributed by atoms with E-state index in [9.17, 15) is 0 Å². The van der Waals surface area contributed by atoms with Gasteiger partial charge in [0.15, 0.2) is 0 Å². The lowest BCUT2D eigenvalue weighted by atomic mass is 10.4. The van der Waals surface area contributed by atoms with Crippen LogP contribution < -0.4 is 0 Å². The number of hydrogen-bond donors (Lipinski definition) is 1. The minimum atomic E-state index is 1.04. The van der Waals surface area contributed by atoms with Crippen LogP contribution in [0.5, 0.6) is 0 Å². The summed E-state index contributed by atoms with van der Waals surface area (Å²) in [5.74, 6) is 0. The Morgan fingerprint density at radius 1 is 1.27 bits per heavy atom. The van der Waals surface area contributed by atoms with E-state index in [1.807, 2.05) is 33.8 Å². The smallest absolute Gasteiger partial charge is 0.0490 e. The molecule has 2 heteroatoms. The van der Waals surface area contributed by atoms with E-state index in [1.54, 1.807) is 6.20 Å². The molecule has 0 aliphatic heterocycles. The number of aromatic nitrogens is 2. The van der Waals surface area contributed by atoms with Crippen molar-refractivity contribution in [1.82, 2.24) is 10.2 Å². The van der Waals surface area contributed by atoms with Gasteiger partial charge in [-0.15, -0.1) is 0 Å². The molecule has 0 spiro atoms. The Hall–Kier alpha value is -0.790. The van der Waals surface area contributed by atoms with Gasteiger partial charge in [0, 0.05) is 11.9 Å². The van der Waals surface area contributed by atoms with E-state index in [4.69, 9.17) is 0 Å². The molecule has 0 saturated carbocycles. The Morgan fingerprint density at radius 3 is 2.00 bits per heavy atom. The van der Waals surface area contributed by atoms with Gasteiger partial charge in [-0.25, -0.2) is 0 Å². The number of aromatic amines is 1. The van der Waals surface area contributed by atoms with E-state index < -0.39 is 0 Å². The molecule has 0 aliphatic carbocycles. The van der Waals surface area contributed by atoms with Crippen molar-refractivity contribution in [2.75, 3.05) is 0 Å². The Bertz CT molecular complexity index is 122. The van der Waals surface area contributed by atoms with Crippen molar-refractivity contribution in [2.45, 2.75) is 41.0 Å². The normalized spacial score (nSPS) is 7.00. The van der Waals surface area contributed by atoms with Gasteiger partial charge in [0.25, 0.3) is 0 Å². The van der Waals surface area contributed by atoms with Crippen LogP contribution in [0.1, 0.15) is 40.3 Å². The fourth-order valence-electron chi connectivity index (χ4n) is 0.482. The van der Waals surface area contributed by atoms with E-state index in [-0.39, 0.29) is 0 Å². The standard InChI is InChI=1S/C5H8N2.2C2H6/c1-2-5-3-4-6-7-5;2*1-2/h3-4H,2H2,1H3,(H,6,7);2*1-2H3. The summed E-state index contributed by atoms with van der Waals surface area (Å²) in [5.41, 5.74) is 1.19. The van der Waals surface area contributed by atoms with Crippen molar-refractivity contribution in [2.24, 2.45) is 0 Å². The molecule has 66 valence electrons. The first-order valence-electron chi connectivity index (χ1n) is 4.41. The highest BCUT2D eigenvalue weighted by Gasteiger charge is 1.82. The third-order valence-corrected chi connectivity index (χ3v) is 0.939. The predicted molar refractivity (Wildman–Crippen MR) is 50.7 cm³/mol. The molecular weight excluding hydrogens is 136 g/mol. The number of hydrogen-bond acceptors (Lipinski definition) is 1. The maximum absolute atomic E-state index is 3.77. The molecule has 1 rings (SSSR count). The summed E-state index contributed by atoms with van der Waals surface area (Å²) < 4.78 is 0. The van der Waals surface area contributed by atoms with Gasteiger partial charge in [-0.05, 0) is 12.5 Å². The molecule has 0 aromatic carbocycles. The van der Waals surface area contributed by atoms with Gasteiger partial charge in [0.2, 0.25) is 0 Å². The fraction of sp³-hybridized carbons (Fsp3) is 0.667. The summed E-state index contributed by atoms with van der Waals surface area (Å²) in [5, 5.41) is 6.60. The molecule has 1 N–H and O–H groups in total. The Balaban J connectivity index is 0. The van der Waals surface area contributed by atoms with Crippen molar-refractivity contribution < 1.29 is 0 Å². The summed E-state index contributed by atoms with van der Waals surface area (Å²) >= 11 is 0. The lowest BCUT2D eigenvalue weighted by molar-refractivity contribution is 0.975. The molecule has 0 amide bonds. The zero-order valence-electron chi connectivity index (χ0n) is 8.31. The van der Waals surface area contributed by atoms with Crippen molar-refractivity contribution >= 4 is 0 Å².